The molecule has 0 unspecified atom stereocenters. The van der Waals surface area contributed by atoms with Crippen molar-refractivity contribution < 1.29 is 0 Å². The molecule has 0 bridgehead atoms. The van der Waals surface area contributed by atoms with Gasteiger partial charge in [0.15, 0.2) is 0 Å². The number of anilines is 1. The smallest absolute Gasteiger partial charge is 0.106 e. The van der Waals surface area contributed by atoms with Crippen molar-refractivity contribution in [2.24, 2.45) is 0 Å². The van der Waals surface area contributed by atoms with Crippen LogP contribution >= 0.6 is 0 Å². The maximum atomic E-state index is 3.48. The molecule has 1 aromatic rings. The van der Waals surface area contributed by atoms with Gasteiger partial charge in [0.05, 0.1) is 0 Å². The van der Waals surface area contributed by atoms with Gasteiger partial charge in [0, 0.05) is 19.3 Å². The van der Waals surface area contributed by atoms with Gasteiger partial charge in [0.1, 0.15) is 5.82 Å². The topological polar surface area (TPSA) is 19.0 Å². The summed E-state index contributed by atoms with van der Waals surface area (Å²) in [4.78, 5) is 5.80. The molecule has 15 heavy (non-hydrogen) atoms. The summed E-state index contributed by atoms with van der Waals surface area (Å²) >= 11 is 0. The number of aromatic nitrogens is 1. The Morgan fingerprint density at radius 2 is 2.33 bits per heavy atom. The van der Waals surface area contributed by atoms with E-state index >= 15 is 0 Å². The summed E-state index contributed by atoms with van der Waals surface area (Å²) in [7, 11) is 2.16. The lowest BCUT2D eigenvalue weighted by atomic mass is 10.1. The summed E-state index contributed by atoms with van der Waals surface area (Å²) in [6.45, 7) is 3.37. The first-order chi connectivity index (χ1) is 7.31. The Morgan fingerprint density at radius 1 is 1.47 bits per heavy atom. The lowest BCUT2D eigenvalue weighted by Crippen LogP contribution is -2.18. The van der Waals surface area contributed by atoms with Crippen molar-refractivity contribution in [3.05, 3.63) is 23.4 Å². The van der Waals surface area contributed by atoms with Crippen molar-refractivity contribution in [2.75, 3.05) is 18.5 Å². The fourth-order valence-electron chi connectivity index (χ4n) is 2.01. The van der Waals surface area contributed by atoms with Crippen LogP contribution in [0.2, 0.25) is 0 Å². The number of aryl methyl sites for hydroxylation is 1. The molecule has 2 nitrogen and oxygen atoms in total. The third-order valence-electron chi connectivity index (χ3n) is 3.04. The zero-order valence-corrected chi connectivity index (χ0v) is 9.71. The van der Waals surface area contributed by atoms with E-state index in [1.807, 2.05) is 0 Å². The molecule has 0 amide bonds. The highest BCUT2D eigenvalue weighted by molar-refractivity contribution is 5.59. The van der Waals surface area contributed by atoms with Crippen molar-refractivity contribution in [1.29, 1.82) is 0 Å². The lowest BCUT2D eigenvalue weighted by molar-refractivity contribution is 0.761. The maximum absolute atomic E-state index is 3.48. The van der Waals surface area contributed by atoms with Gasteiger partial charge in [-0.25, -0.2) is 0 Å². The van der Waals surface area contributed by atoms with E-state index in [4.69, 9.17) is 0 Å². The Morgan fingerprint density at radius 3 is 3.07 bits per heavy atom. The molecule has 1 N–H and O–H groups in total. The number of fused-ring (bicyclic) bond motifs is 1. The summed E-state index contributed by atoms with van der Waals surface area (Å²) in [5.74, 6) is 1.26. The summed E-state index contributed by atoms with van der Waals surface area (Å²) in [5.41, 5.74) is 2.77. The van der Waals surface area contributed by atoms with Crippen LogP contribution in [0.3, 0.4) is 0 Å². The number of allylic oxidation sites excluding steroid dienone is 1. The van der Waals surface area contributed by atoms with Gasteiger partial charge in [-0.3, -0.25) is 0 Å². The Bertz CT molecular complexity index is 349. The van der Waals surface area contributed by atoms with Crippen LogP contribution < -0.4 is 4.90 Å². The minimum Gasteiger partial charge on any atom is -0.361 e. The first-order valence-corrected chi connectivity index (χ1v) is 5.91. The third-order valence-corrected chi connectivity index (χ3v) is 3.04. The number of H-pyrrole nitrogens is 1. The van der Waals surface area contributed by atoms with Crippen molar-refractivity contribution in [3.8, 4) is 0 Å². The van der Waals surface area contributed by atoms with E-state index in [1.165, 1.54) is 42.8 Å². The molecule has 0 saturated heterocycles. The molecule has 0 saturated carbocycles. The maximum Gasteiger partial charge on any atom is 0.106 e. The number of nitrogens with one attached hydrogen (secondary N) is 1. The van der Waals surface area contributed by atoms with E-state index in [1.54, 1.807) is 0 Å². The minimum atomic E-state index is 1.14. The molecule has 1 aliphatic rings. The van der Waals surface area contributed by atoms with Gasteiger partial charge in [0.2, 0.25) is 0 Å². The van der Waals surface area contributed by atoms with Crippen LogP contribution in [0.4, 0.5) is 5.82 Å². The van der Waals surface area contributed by atoms with Gasteiger partial charge < -0.3 is 9.88 Å². The van der Waals surface area contributed by atoms with E-state index in [0.29, 0.717) is 0 Å². The van der Waals surface area contributed by atoms with Crippen molar-refractivity contribution in [3.63, 3.8) is 0 Å². The van der Waals surface area contributed by atoms with E-state index in [-0.39, 0.29) is 0 Å². The number of nitrogens with zero attached hydrogens (tertiary/aromatic N) is 1. The van der Waals surface area contributed by atoms with E-state index in [0.717, 1.165) is 6.54 Å². The average molecular weight is 204 g/mol. The molecule has 82 valence electrons. The van der Waals surface area contributed by atoms with Gasteiger partial charge in [-0.2, -0.15) is 0 Å². The Hall–Kier alpha value is -1.18. The second kappa shape index (κ2) is 4.56. The Kier molecular flexibility index (Phi) is 3.14. The molecule has 0 fully saturated rings. The standard InChI is InChI=1S/C13H20N2/c1-3-4-9-15(2)13-10-11-7-5-6-8-12(11)14-13/h6,8,10,14H,3-5,7,9H2,1-2H3. The van der Waals surface area contributed by atoms with E-state index in [2.05, 4.69) is 42.1 Å². The summed E-state index contributed by atoms with van der Waals surface area (Å²) < 4.78 is 0. The molecular weight excluding hydrogens is 184 g/mol. The minimum absolute atomic E-state index is 1.14. The predicted molar refractivity (Wildman–Crippen MR) is 66.3 cm³/mol. The fraction of sp³-hybridized carbons (Fsp3) is 0.538. The van der Waals surface area contributed by atoms with Crippen molar-refractivity contribution in [2.45, 2.75) is 32.6 Å². The molecule has 0 aromatic carbocycles. The lowest BCUT2D eigenvalue weighted by Gasteiger charge is -2.16. The fourth-order valence-corrected chi connectivity index (χ4v) is 2.01. The Balaban J connectivity index is 2.09. The molecule has 0 aliphatic heterocycles. The van der Waals surface area contributed by atoms with Gasteiger partial charge in [0.25, 0.3) is 0 Å². The summed E-state index contributed by atoms with van der Waals surface area (Å²) in [6, 6.07) is 2.30. The van der Waals surface area contributed by atoms with Crippen LogP contribution in [0.1, 0.15) is 37.4 Å². The van der Waals surface area contributed by atoms with Crippen LogP contribution in [0.15, 0.2) is 12.1 Å². The summed E-state index contributed by atoms with van der Waals surface area (Å²) in [5, 5.41) is 0. The first kappa shape index (κ1) is 10.3. The quantitative estimate of drug-likeness (QED) is 0.798. The molecular formula is C13H20N2. The number of unbranched alkanes of at least 4 members (excludes halogenated alkanes) is 1. The average Bonchev–Trinajstić information content (AvgIpc) is 2.69. The second-order valence-corrected chi connectivity index (χ2v) is 4.31. The zero-order chi connectivity index (χ0) is 10.7. The molecule has 2 heteroatoms. The number of hydrogen-bond donors (Lipinski definition) is 1. The number of aromatic amines is 1. The second-order valence-electron chi connectivity index (χ2n) is 4.31. The highest BCUT2D eigenvalue weighted by atomic mass is 15.2. The van der Waals surface area contributed by atoms with E-state index in [9.17, 15) is 0 Å². The molecule has 0 atom stereocenters. The molecule has 0 spiro atoms. The largest absolute Gasteiger partial charge is 0.361 e. The van der Waals surface area contributed by atoms with Gasteiger partial charge >= 0.3 is 0 Å². The number of rotatable bonds is 4. The van der Waals surface area contributed by atoms with Crippen LogP contribution in [-0.4, -0.2) is 18.6 Å². The monoisotopic (exact) mass is 204 g/mol. The van der Waals surface area contributed by atoms with Crippen LogP contribution in [0.5, 0.6) is 0 Å². The predicted octanol–water partition coefficient (Wildman–Crippen LogP) is 3.21. The molecule has 1 aliphatic carbocycles. The highest BCUT2D eigenvalue weighted by Gasteiger charge is 2.10. The van der Waals surface area contributed by atoms with Crippen LogP contribution in [0.25, 0.3) is 6.08 Å². The molecule has 0 radical (unpaired) electrons. The van der Waals surface area contributed by atoms with Gasteiger partial charge in [-0.1, -0.05) is 19.4 Å². The third kappa shape index (κ3) is 2.25. The normalized spacial score (nSPS) is 14.0. The highest BCUT2D eigenvalue weighted by Crippen LogP contribution is 2.24. The number of hydrogen-bond acceptors (Lipinski definition) is 1. The Labute approximate surface area is 92.0 Å². The van der Waals surface area contributed by atoms with Crippen LogP contribution in [-0.2, 0) is 6.42 Å². The zero-order valence-electron chi connectivity index (χ0n) is 9.71. The van der Waals surface area contributed by atoms with Crippen molar-refractivity contribution >= 4 is 11.9 Å². The first-order valence-electron chi connectivity index (χ1n) is 5.91. The van der Waals surface area contributed by atoms with E-state index < -0.39 is 0 Å². The SMILES string of the molecule is CCCCN(C)c1cc2c([nH]1)C=CCC2. The molecule has 1 aromatic heterocycles. The van der Waals surface area contributed by atoms with Gasteiger partial charge in [-0.05, 0) is 37.0 Å². The van der Waals surface area contributed by atoms with Gasteiger partial charge in [-0.15, -0.1) is 0 Å². The molecule has 1 heterocycles. The summed E-state index contributed by atoms with van der Waals surface area (Å²) in [6.07, 6.45) is 9.33. The molecule has 2 rings (SSSR count). The van der Waals surface area contributed by atoms with Crippen LogP contribution in [0, 0.1) is 0 Å². The van der Waals surface area contributed by atoms with Crippen molar-refractivity contribution in [1.82, 2.24) is 4.98 Å².